The van der Waals surface area contributed by atoms with E-state index in [4.69, 9.17) is 0 Å². The van der Waals surface area contributed by atoms with E-state index in [1.807, 2.05) is 0 Å². The lowest BCUT2D eigenvalue weighted by Gasteiger charge is -2.10. The van der Waals surface area contributed by atoms with Crippen LogP contribution in [0.1, 0.15) is 133 Å². The second-order valence-electron chi connectivity index (χ2n) is 8.69. The van der Waals surface area contributed by atoms with E-state index in [-0.39, 0.29) is 0 Å². The normalized spacial score (nSPS) is 11.1. The molecule has 0 fully saturated rings. The number of hydrogen-bond donors (Lipinski definition) is 0. The molecule has 0 heteroatoms. The van der Waals surface area contributed by atoms with Crippen LogP contribution in [0.5, 0.6) is 0 Å². The third kappa shape index (κ3) is 12.4. The Kier molecular flexibility index (Phi) is 16.1. The summed E-state index contributed by atoms with van der Waals surface area (Å²) in [5, 5.41) is 0. The molecule has 0 radical (unpaired) electrons. The molecule has 0 N–H and O–H groups in total. The zero-order chi connectivity index (χ0) is 20.3. The lowest BCUT2D eigenvalue weighted by Crippen LogP contribution is -1.94. The predicted molar refractivity (Wildman–Crippen MR) is 129 cm³/mol. The number of aryl methyl sites for hydroxylation is 2. The van der Waals surface area contributed by atoms with E-state index in [9.17, 15) is 0 Å². The first-order chi connectivity index (χ1) is 13.8. The molecule has 0 aliphatic heterocycles. The average Bonchev–Trinajstić information content (AvgIpc) is 2.72. The van der Waals surface area contributed by atoms with Crippen LogP contribution in [-0.2, 0) is 12.8 Å². The molecule has 0 atom stereocenters. The summed E-state index contributed by atoms with van der Waals surface area (Å²) in [7, 11) is 0. The van der Waals surface area contributed by atoms with Gasteiger partial charge in [-0.3, -0.25) is 0 Å². The summed E-state index contributed by atoms with van der Waals surface area (Å²) < 4.78 is 0. The molecule has 0 bridgehead atoms. The largest absolute Gasteiger partial charge is 0.0985 e. The molecular weight excluding hydrogens is 336 g/mol. The Hall–Kier alpha value is -1.04. The van der Waals surface area contributed by atoms with Gasteiger partial charge in [0.15, 0.2) is 0 Å². The van der Waals surface area contributed by atoms with Crippen LogP contribution in [0.4, 0.5) is 0 Å². The topological polar surface area (TPSA) is 0 Å². The maximum atomic E-state index is 4.06. The van der Waals surface area contributed by atoms with Gasteiger partial charge >= 0.3 is 0 Å². The minimum atomic E-state index is 1.22. The SMILES string of the molecule is C=Cc1cc(CCCCCCCCCC)ccc1CCCCCCCCCC. The van der Waals surface area contributed by atoms with Crippen molar-refractivity contribution >= 4 is 6.08 Å². The molecule has 1 aromatic rings. The van der Waals surface area contributed by atoms with Crippen LogP contribution in [0.15, 0.2) is 24.8 Å². The first-order valence-electron chi connectivity index (χ1n) is 12.6. The van der Waals surface area contributed by atoms with Crippen molar-refractivity contribution in [1.82, 2.24) is 0 Å². The Morgan fingerprint density at radius 2 is 1.07 bits per heavy atom. The number of unbranched alkanes of at least 4 members (excludes halogenated alkanes) is 14. The van der Waals surface area contributed by atoms with Gasteiger partial charge in [-0.2, -0.15) is 0 Å². The Morgan fingerprint density at radius 3 is 1.57 bits per heavy atom. The van der Waals surface area contributed by atoms with Crippen LogP contribution in [0, 0.1) is 0 Å². The number of benzene rings is 1. The first kappa shape index (κ1) is 25.0. The minimum absolute atomic E-state index is 1.22. The summed E-state index contributed by atoms with van der Waals surface area (Å²) >= 11 is 0. The van der Waals surface area contributed by atoms with E-state index in [0.29, 0.717) is 0 Å². The van der Waals surface area contributed by atoms with E-state index < -0.39 is 0 Å². The highest BCUT2D eigenvalue weighted by molar-refractivity contribution is 5.53. The maximum Gasteiger partial charge on any atom is -0.0228 e. The van der Waals surface area contributed by atoms with Gasteiger partial charge in [-0.15, -0.1) is 0 Å². The Balaban J connectivity index is 2.19. The van der Waals surface area contributed by atoms with Gasteiger partial charge in [-0.25, -0.2) is 0 Å². The first-order valence-corrected chi connectivity index (χ1v) is 12.6. The molecule has 0 saturated carbocycles. The highest BCUT2D eigenvalue weighted by atomic mass is 14.1. The van der Waals surface area contributed by atoms with Crippen molar-refractivity contribution in [3.8, 4) is 0 Å². The van der Waals surface area contributed by atoms with Crippen LogP contribution >= 0.6 is 0 Å². The summed E-state index contributed by atoms with van der Waals surface area (Å²) in [5.41, 5.74) is 4.38. The van der Waals surface area contributed by atoms with Gasteiger partial charge in [0.05, 0.1) is 0 Å². The molecule has 0 spiro atoms. The zero-order valence-electron chi connectivity index (χ0n) is 19.2. The third-order valence-electron chi connectivity index (χ3n) is 6.05. The number of rotatable bonds is 19. The Bertz CT molecular complexity index is 485. The smallest absolute Gasteiger partial charge is 0.0228 e. The molecule has 0 amide bonds. The quantitative estimate of drug-likeness (QED) is 0.208. The summed E-state index contributed by atoms with van der Waals surface area (Å²) in [6.45, 7) is 8.64. The van der Waals surface area contributed by atoms with Gasteiger partial charge in [0, 0.05) is 0 Å². The Morgan fingerprint density at radius 1 is 0.607 bits per heavy atom. The molecule has 0 aromatic heterocycles. The summed E-state index contributed by atoms with van der Waals surface area (Å²) in [6.07, 6.45) is 26.8. The second-order valence-corrected chi connectivity index (χ2v) is 8.69. The predicted octanol–water partition coefficient (Wildman–Crippen LogP) is 9.70. The zero-order valence-corrected chi connectivity index (χ0v) is 19.2. The fraction of sp³-hybridized carbons (Fsp3) is 0.714. The average molecular weight is 385 g/mol. The third-order valence-corrected chi connectivity index (χ3v) is 6.05. The van der Waals surface area contributed by atoms with E-state index in [1.54, 1.807) is 0 Å². The fourth-order valence-corrected chi connectivity index (χ4v) is 4.13. The molecule has 0 heterocycles. The molecule has 160 valence electrons. The van der Waals surface area contributed by atoms with Crippen molar-refractivity contribution in [2.75, 3.05) is 0 Å². The van der Waals surface area contributed by atoms with Crippen LogP contribution < -0.4 is 0 Å². The van der Waals surface area contributed by atoms with Gasteiger partial charge in [0.25, 0.3) is 0 Å². The highest BCUT2D eigenvalue weighted by Crippen LogP contribution is 2.19. The van der Waals surface area contributed by atoms with Crippen molar-refractivity contribution in [2.24, 2.45) is 0 Å². The molecule has 0 unspecified atom stereocenters. The second kappa shape index (κ2) is 18.0. The van der Waals surface area contributed by atoms with Crippen LogP contribution in [0.3, 0.4) is 0 Å². The van der Waals surface area contributed by atoms with E-state index in [2.05, 4.69) is 44.7 Å². The highest BCUT2D eigenvalue weighted by Gasteiger charge is 2.03. The molecule has 0 aliphatic rings. The monoisotopic (exact) mass is 384 g/mol. The van der Waals surface area contributed by atoms with Crippen LogP contribution in [0.2, 0.25) is 0 Å². The summed E-state index contributed by atoms with van der Waals surface area (Å²) in [6, 6.07) is 7.14. The molecule has 28 heavy (non-hydrogen) atoms. The van der Waals surface area contributed by atoms with Crippen molar-refractivity contribution in [2.45, 2.75) is 129 Å². The van der Waals surface area contributed by atoms with Crippen molar-refractivity contribution in [3.05, 3.63) is 41.5 Å². The lowest BCUT2D eigenvalue weighted by atomic mass is 9.96. The van der Waals surface area contributed by atoms with Crippen LogP contribution in [0.25, 0.3) is 6.08 Å². The number of hydrogen-bond acceptors (Lipinski definition) is 0. The lowest BCUT2D eigenvalue weighted by molar-refractivity contribution is 0.574. The van der Waals surface area contributed by atoms with E-state index >= 15 is 0 Å². The van der Waals surface area contributed by atoms with Gasteiger partial charge in [0.2, 0.25) is 0 Å². The molecule has 1 rings (SSSR count). The molecule has 0 nitrogen and oxygen atoms in total. The Labute approximate surface area is 177 Å². The molecular formula is C28H48. The van der Waals surface area contributed by atoms with E-state index in [0.717, 1.165) is 0 Å². The standard InChI is InChI=1S/C28H48/c1-4-7-9-11-13-15-17-19-21-26-23-24-28(27(6-3)25-26)22-20-18-16-14-12-10-8-5-2/h6,23-25H,3-5,7-22H2,1-2H3. The van der Waals surface area contributed by atoms with E-state index in [1.165, 1.54) is 132 Å². The van der Waals surface area contributed by atoms with Gasteiger partial charge in [-0.05, 0) is 42.4 Å². The molecule has 1 aromatic carbocycles. The van der Waals surface area contributed by atoms with Gasteiger partial charge in [-0.1, -0.05) is 135 Å². The minimum Gasteiger partial charge on any atom is -0.0985 e. The van der Waals surface area contributed by atoms with Gasteiger partial charge in [0.1, 0.15) is 0 Å². The fourth-order valence-electron chi connectivity index (χ4n) is 4.13. The molecule has 0 aliphatic carbocycles. The van der Waals surface area contributed by atoms with Crippen molar-refractivity contribution in [1.29, 1.82) is 0 Å². The summed E-state index contributed by atoms with van der Waals surface area (Å²) in [4.78, 5) is 0. The van der Waals surface area contributed by atoms with Crippen molar-refractivity contribution < 1.29 is 0 Å². The molecule has 0 saturated heterocycles. The van der Waals surface area contributed by atoms with Crippen LogP contribution in [-0.4, -0.2) is 0 Å². The van der Waals surface area contributed by atoms with Crippen molar-refractivity contribution in [3.63, 3.8) is 0 Å². The van der Waals surface area contributed by atoms with Gasteiger partial charge < -0.3 is 0 Å². The maximum absolute atomic E-state index is 4.06. The summed E-state index contributed by atoms with van der Waals surface area (Å²) in [5.74, 6) is 0.